The normalized spacial score (nSPS) is 20.4. The zero-order chi connectivity index (χ0) is 11.0. The first-order chi connectivity index (χ1) is 7.11. The van der Waals surface area contributed by atoms with Crippen molar-refractivity contribution in [1.82, 2.24) is 0 Å². The van der Waals surface area contributed by atoms with Gasteiger partial charge in [0.1, 0.15) is 5.75 Å². The molecular formula is C10H10Cl3NO. The molecule has 1 heterocycles. The Bertz CT molecular complexity index is 395. The maximum atomic E-state index is 6.10. The van der Waals surface area contributed by atoms with Gasteiger partial charge in [0.05, 0.1) is 21.7 Å². The van der Waals surface area contributed by atoms with Gasteiger partial charge in [-0.1, -0.05) is 34.8 Å². The van der Waals surface area contributed by atoms with E-state index in [9.17, 15) is 0 Å². The third kappa shape index (κ3) is 2.04. The number of hydrogen-bond acceptors (Lipinski definition) is 2. The van der Waals surface area contributed by atoms with Crippen molar-refractivity contribution in [3.8, 4) is 5.75 Å². The fourth-order valence-electron chi connectivity index (χ4n) is 1.70. The number of benzene rings is 1. The molecule has 15 heavy (non-hydrogen) atoms. The van der Waals surface area contributed by atoms with E-state index in [4.69, 9.17) is 45.3 Å². The topological polar surface area (TPSA) is 35.2 Å². The molecule has 1 atom stereocenters. The summed E-state index contributed by atoms with van der Waals surface area (Å²) in [7, 11) is 0. The second-order valence-electron chi connectivity index (χ2n) is 3.49. The average Bonchev–Trinajstić information content (AvgIpc) is 2.37. The van der Waals surface area contributed by atoms with E-state index >= 15 is 0 Å². The number of rotatable bonds is 0. The van der Waals surface area contributed by atoms with Crippen molar-refractivity contribution in [1.29, 1.82) is 0 Å². The lowest BCUT2D eigenvalue weighted by Gasteiger charge is -2.15. The number of halogens is 3. The van der Waals surface area contributed by atoms with Gasteiger partial charge in [0, 0.05) is 11.6 Å². The van der Waals surface area contributed by atoms with Crippen LogP contribution in [-0.2, 0) is 0 Å². The van der Waals surface area contributed by atoms with Gasteiger partial charge in [-0.3, -0.25) is 0 Å². The first-order valence-electron chi connectivity index (χ1n) is 4.67. The van der Waals surface area contributed by atoms with Gasteiger partial charge in [-0.2, -0.15) is 0 Å². The van der Waals surface area contributed by atoms with E-state index in [0.717, 1.165) is 18.4 Å². The number of nitrogens with two attached hydrogens (primary N) is 1. The maximum Gasteiger partial charge on any atom is 0.144 e. The molecule has 0 aliphatic carbocycles. The molecular weight excluding hydrogens is 256 g/mol. The van der Waals surface area contributed by atoms with Gasteiger partial charge < -0.3 is 10.5 Å². The van der Waals surface area contributed by atoms with E-state index in [2.05, 4.69) is 0 Å². The molecule has 2 rings (SSSR count). The second kappa shape index (κ2) is 4.38. The van der Waals surface area contributed by atoms with Crippen molar-refractivity contribution in [3.63, 3.8) is 0 Å². The lowest BCUT2D eigenvalue weighted by Crippen LogP contribution is -2.10. The molecule has 2 nitrogen and oxygen atoms in total. The van der Waals surface area contributed by atoms with E-state index in [1.165, 1.54) is 0 Å². The monoisotopic (exact) mass is 265 g/mol. The summed E-state index contributed by atoms with van der Waals surface area (Å²) in [6, 6.07) is 1.42. The Morgan fingerprint density at radius 1 is 1.27 bits per heavy atom. The first-order valence-corrected chi connectivity index (χ1v) is 5.80. The van der Waals surface area contributed by atoms with Crippen LogP contribution in [0.5, 0.6) is 5.75 Å². The quantitative estimate of drug-likeness (QED) is 0.725. The number of ether oxygens (including phenoxy) is 1. The highest BCUT2D eigenvalue weighted by Crippen LogP contribution is 2.44. The molecule has 1 aliphatic rings. The van der Waals surface area contributed by atoms with Crippen molar-refractivity contribution in [2.24, 2.45) is 5.73 Å². The van der Waals surface area contributed by atoms with E-state index in [1.54, 1.807) is 6.07 Å². The summed E-state index contributed by atoms with van der Waals surface area (Å²) >= 11 is 18.1. The molecule has 0 saturated heterocycles. The van der Waals surface area contributed by atoms with Crippen LogP contribution in [-0.4, -0.2) is 6.61 Å². The van der Waals surface area contributed by atoms with Crippen LogP contribution >= 0.6 is 34.8 Å². The smallest absolute Gasteiger partial charge is 0.144 e. The predicted molar refractivity (Wildman–Crippen MR) is 63.1 cm³/mol. The Hall–Kier alpha value is -0.150. The van der Waals surface area contributed by atoms with Crippen LogP contribution in [0.4, 0.5) is 0 Å². The molecule has 5 heteroatoms. The first kappa shape index (κ1) is 11.3. The molecule has 0 amide bonds. The van der Waals surface area contributed by atoms with Crippen LogP contribution in [0.15, 0.2) is 6.07 Å². The van der Waals surface area contributed by atoms with Crippen LogP contribution in [0.1, 0.15) is 24.4 Å². The SMILES string of the molecule is NC1CCCOc2c(Cl)cc(Cl)c(Cl)c21. The van der Waals surface area contributed by atoms with E-state index < -0.39 is 0 Å². The summed E-state index contributed by atoms with van der Waals surface area (Å²) in [6.07, 6.45) is 1.71. The number of fused-ring (bicyclic) bond motifs is 1. The van der Waals surface area contributed by atoms with Crippen LogP contribution in [0.3, 0.4) is 0 Å². The van der Waals surface area contributed by atoms with Crippen molar-refractivity contribution in [2.75, 3.05) is 6.61 Å². The minimum atomic E-state index is -0.161. The fraction of sp³-hybridized carbons (Fsp3) is 0.400. The zero-order valence-electron chi connectivity index (χ0n) is 7.90. The summed E-state index contributed by atoms with van der Waals surface area (Å²) in [5, 5.41) is 1.34. The largest absolute Gasteiger partial charge is 0.492 e. The fourth-order valence-corrected chi connectivity index (χ4v) is 2.51. The van der Waals surface area contributed by atoms with Crippen LogP contribution in [0, 0.1) is 0 Å². The van der Waals surface area contributed by atoms with Gasteiger partial charge in [-0.15, -0.1) is 0 Å². The van der Waals surface area contributed by atoms with E-state index in [0.29, 0.717) is 27.4 Å². The highest BCUT2D eigenvalue weighted by Gasteiger charge is 2.23. The zero-order valence-corrected chi connectivity index (χ0v) is 10.2. The van der Waals surface area contributed by atoms with Crippen LogP contribution in [0.2, 0.25) is 15.1 Å². The lowest BCUT2D eigenvalue weighted by molar-refractivity contribution is 0.316. The van der Waals surface area contributed by atoms with Crippen molar-refractivity contribution in [2.45, 2.75) is 18.9 Å². The molecule has 0 saturated carbocycles. The standard InChI is InChI=1S/C10H10Cl3NO/c11-5-4-6(12)10-8(9(5)13)7(14)2-1-3-15-10/h4,7H,1-3,14H2. The summed E-state index contributed by atoms with van der Waals surface area (Å²) in [5.74, 6) is 0.580. The Morgan fingerprint density at radius 3 is 2.73 bits per heavy atom. The maximum absolute atomic E-state index is 6.10. The molecule has 0 spiro atoms. The van der Waals surface area contributed by atoms with Crippen molar-refractivity contribution >= 4 is 34.8 Å². The molecule has 82 valence electrons. The van der Waals surface area contributed by atoms with Gasteiger partial charge in [0.25, 0.3) is 0 Å². The Kier molecular flexibility index (Phi) is 3.31. The Labute approximate surface area is 103 Å². The van der Waals surface area contributed by atoms with Crippen LogP contribution in [0.25, 0.3) is 0 Å². The third-order valence-corrected chi connectivity index (χ3v) is 3.52. The minimum Gasteiger partial charge on any atom is -0.492 e. The molecule has 1 aromatic rings. The van der Waals surface area contributed by atoms with Crippen molar-refractivity contribution < 1.29 is 4.74 Å². The highest BCUT2D eigenvalue weighted by atomic mass is 35.5. The van der Waals surface area contributed by atoms with Gasteiger partial charge in [0.2, 0.25) is 0 Å². The lowest BCUT2D eigenvalue weighted by atomic mass is 10.0. The third-order valence-electron chi connectivity index (χ3n) is 2.44. The second-order valence-corrected chi connectivity index (χ2v) is 4.69. The van der Waals surface area contributed by atoms with Crippen molar-refractivity contribution in [3.05, 3.63) is 26.7 Å². The van der Waals surface area contributed by atoms with E-state index in [-0.39, 0.29) is 6.04 Å². The molecule has 1 aliphatic heterocycles. The Balaban J connectivity index is 2.63. The van der Waals surface area contributed by atoms with Gasteiger partial charge in [-0.25, -0.2) is 0 Å². The summed E-state index contributed by atoms with van der Waals surface area (Å²) < 4.78 is 5.53. The molecule has 0 aromatic heterocycles. The summed E-state index contributed by atoms with van der Waals surface area (Å²) in [4.78, 5) is 0. The van der Waals surface area contributed by atoms with Gasteiger partial charge >= 0.3 is 0 Å². The molecule has 1 unspecified atom stereocenters. The average molecular weight is 267 g/mol. The Morgan fingerprint density at radius 2 is 2.00 bits per heavy atom. The predicted octanol–water partition coefficient (Wildman–Crippen LogP) is 3.82. The molecule has 2 N–H and O–H groups in total. The summed E-state index contributed by atoms with van der Waals surface area (Å²) in [5.41, 5.74) is 6.73. The minimum absolute atomic E-state index is 0.161. The van der Waals surface area contributed by atoms with Crippen LogP contribution < -0.4 is 10.5 Å². The summed E-state index contributed by atoms with van der Waals surface area (Å²) in [6.45, 7) is 0.610. The van der Waals surface area contributed by atoms with E-state index in [1.807, 2.05) is 0 Å². The molecule has 0 radical (unpaired) electrons. The molecule has 1 aromatic carbocycles. The molecule has 0 bridgehead atoms. The van der Waals surface area contributed by atoms with Gasteiger partial charge in [-0.05, 0) is 18.9 Å². The number of hydrogen-bond donors (Lipinski definition) is 1. The molecule has 0 fully saturated rings. The highest BCUT2D eigenvalue weighted by molar-refractivity contribution is 6.44. The van der Waals surface area contributed by atoms with Gasteiger partial charge in [0.15, 0.2) is 0 Å².